The molecule has 1 fully saturated rings. The van der Waals surface area contributed by atoms with Crippen molar-refractivity contribution in [1.82, 2.24) is 24.8 Å². The van der Waals surface area contributed by atoms with Gasteiger partial charge in [0.25, 0.3) is 0 Å². The molecule has 2 N–H and O–H groups in total. The second-order valence-electron chi connectivity index (χ2n) is 8.70. The lowest BCUT2D eigenvalue weighted by atomic mass is 10.1. The highest BCUT2D eigenvalue weighted by Gasteiger charge is 2.18. The van der Waals surface area contributed by atoms with Crippen LogP contribution in [-0.2, 0) is 4.79 Å². The van der Waals surface area contributed by atoms with E-state index in [4.69, 9.17) is 14.7 Å². The molecule has 4 heterocycles. The second-order valence-corrected chi connectivity index (χ2v) is 8.70. The highest BCUT2D eigenvalue weighted by molar-refractivity contribution is 5.99. The van der Waals surface area contributed by atoms with Crippen LogP contribution >= 0.6 is 0 Å². The van der Waals surface area contributed by atoms with E-state index < -0.39 is 0 Å². The average Bonchev–Trinajstić information content (AvgIpc) is 2.93. The molecule has 1 aliphatic heterocycles. The number of anilines is 4. The summed E-state index contributed by atoms with van der Waals surface area (Å²) in [7, 11) is 3.73. The Morgan fingerprint density at radius 1 is 1.08 bits per heavy atom. The van der Waals surface area contributed by atoms with Crippen LogP contribution in [0.1, 0.15) is 0 Å². The molecule has 37 heavy (non-hydrogen) atoms. The summed E-state index contributed by atoms with van der Waals surface area (Å²) in [6.45, 7) is 7.33. The molecule has 1 aromatic carbocycles. The predicted octanol–water partition coefficient (Wildman–Crippen LogP) is 3.72. The molecule has 0 radical (unpaired) electrons. The topological polar surface area (TPSA) is 108 Å². The maximum Gasteiger partial charge on any atom is 0.247 e. The summed E-state index contributed by atoms with van der Waals surface area (Å²) in [6, 6.07) is 13.3. The van der Waals surface area contributed by atoms with Crippen molar-refractivity contribution in [3.8, 4) is 17.1 Å². The number of methoxy groups -OCH3 is 1. The zero-order chi connectivity index (χ0) is 25.8. The number of para-hydroxylation sites is 1. The molecule has 0 unspecified atom stereocenters. The number of nitrogens with one attached hydrogen (secondary N) is 2. The highest BCUT2D eigenvalue weighted by Crippen LogP contribution is 2.31. The molecule has 0 atom stereocenters. The number of rotatable bonds is 7. The van der Waals surface area contributed by atoms with E-state index in [1.807, 2.05) is 30.3 Å². The van der Waals surface area contributed by atoms with Crippen molar-refractivity contribution < 1.29 is 9.53 Å². The van der Waals surface area contributed by atoms with E-state index in [-0.39, 0.29) is 5.91 Å². The van der Waals surface area contributed by atoms with Crippen LogP contribution in [0, 0.1) is 0 Å². The van der Waals surface area contributed by atoms with Crippen LogP contribution < -0.4 is 20.3 Å². The number of benzene rings is 1. The van der Waals surface area contributed by atoms with Crippen molar-refractivity contribution in [2.45, 2.75) is 0 Å². The van der Waals surface area contributed by atoms with Gasteiger partial charge < -0.3 is 25.2 Å². The van der Waals surface area contributed by atoms with E-state index in [0.717, 1.165) is 48.5 Å². The Kier molecular flexibility index (Phi) is 6.91. The Hall–Kier alpha value is -4.57. The van der Waals surface area contributed by atoms with E-state index >= 15 is 0 Å². The summed E-state index contributed by atoms with van der Waals surface area (Å²) in [6.07, 6.45) is 4.63. The maximum absolute atomic E-state index is 11.7. The highest BCUT2D eigenvalue weighted by atomic mass is 16.5. The minimum Gasteiger partial charge on any atom is -0.479 e. The molecule has 5 rings (SSSR count). The molecule has 0 spiro atoms. The first-order valence-corrected chi connectivity index (χ1v) is 11.9. The summed E-state index contributed by atoms with van der Waals surface area (Å²) < 4.78 is 5.59. The fraction of sp³-hybridized carbons (Fsp3) is 0.222. The van der Waals surface area contributed by atoms with Crippen LogP contribution in [0.2, 0.25) is 0 Å². The Morgan fingerprint density at radius 2 is 1.92 bits per heavy atom. The largest absolute Gasteiger partial charge is 0.479 e. The number of fused-ring (bicyclic) bond motifs is 1. The van der Waals surface area contributed by atoms with Gasteiger partial charge in [-0.3, -0.25) is 9.78 Å². The minimum absolute atomic E-state index is 0.287. The Balaban J connectivity index is 1.44. The number of carbonyl (C=O) groups is 1. The molecule has 10 nitrogen and oxygen atoms in total. The number of carbonyl (C=O) groups excluding carboxylic acids is 1. The lowest BCUT2D eigenvalue weighted by Gasteiger charge is -2.33. The standard InChI is InChI=1S/C27H28N8O2/c1-4-24(36)30-19-10-11-28-22(16-19)20-7-5-6-18-17-29-27(33-25(18)20)31-21-8-9-23(32-26(21)37-3)35-14-12-34(2)13-15-35/h4-11,16-17H,1,12-15H2,2-3H3,(H,28,30,36)(H,29,31,33). The fourth-order valence-electron chi connectivity index (χ4n) is 4.19. The molecule has 4 aromatic rings. The normalized spacial score (nSPS) is 13.8. The van der Waals surface area contributed by atoms with Gasteiger partial charge in [-0.05, 0) is 37.4 Å². The van der Waals surface area contributed by atoms with Gasteiger partial charge in [-0.2, -0.15) is 4.98 Å². The molecule has 0 aliphatic carbocycles. The number of piperazine rings is 1. The van der Waals surface area contributed by atoms with Gasteiger partial charge in [0.15, 0.2) is 0 Å². The summed E-state index contributed by atoms with van der Waals surface area (Å²) in [5.74, 6) is 1.47. The predicted molar refractivity (Wildman–Crippen MR) is 145 cm³/mol. The molecule has 1 aliphatic rings. The SMILES string of the molecule is C=CC(=O)Nc1ccnc(-c2cccc3cnc(Nc4ccc(N5CCN(C)CC5)nc4OC)nc23)c1. The van der Waals surface area contributed by atoms with Crippen LogP contribution in [0.4, 0.5) is 23.1 Å². The number of ether oxygens (including phenoxy) is 1. The van der Waals surface area contributed by atoms with Gasteiger partial charge in [-0.25, -0.2) is 9.97 Å². The number of hydrogen-bond acceptors (Lipinski definition) is 9. The number of nitrogens with zero attached hydrogens (tertiary/aromatic N) is 6. The van der Waals surface area contributed by atoms with E-state index in [1.54, 1.807) is 31.6 Å². The Morgan fingerprint density at radius 3 is 2.70 bits per heavy atom. The van der Waals surface area contributed by atoms with Gasteiger partial charge in [0.1, 0.15) is 11.5 Å². The van der Waals surface area contributed by atoms with Gasteiger partial charge >= 0.3 is 0 Å². The quantitative estimate of drug-likeness (QED) is 0.370. The van der Waals surface area contributed by atoms with Gasteiger partial charge in [0, 0.05) is 55.2 Å². The summed E-state index contributed by atoms with van der Waals surface area (Å²) in [5.41, 5.74) is 3.50. The molecule has 1 amide bonds. The third-order valence-electron chi connectivity index (χ3n) is 6.21. The van der Waals surface area contributed by atoms with Gasteiger partial charge in [0.05, 0.1) is 18.3 Å². The molecule has 0 bridgehead atoms. The van der Waals surface area contributed by atoms with Gasteiger partial charge in [-0.1, -0.05) is 24.8 Å². The maximum atomic E-state index is 11.7. The first-order valence-electron chi connectivity index (χ1n) is 11.9. The van der Waals surface area contributed by atoms with E-state index in [0.29, 0.717) is 28.9 Å². The first-order chi connectivity index (χ1) is 18.0. The van der Waals surface area contributed by atoms with E-state index in [9.17, 15) is 4.79 Å². The van der Waals surface area contributed by atoms with Crippen LogP contribution in [0.3, 0.4) is 0 Å². The van der Waals surface area contributed by atoms with Crippen molar-refractivity contribution in [2.75, 3.05) is 55.9 Å². The zero-order valence-corrected chi connectivity index (χ0v) is 20.8. The van der Waals surface area contributed by atoms with E-state index in [2.05, 4.69) is 44.0 Å². The Bertz CT molecular complexity index is 1450. The molecule has 188 valence electrons. The smallest absolute Gasteiger partial charge is 0.247 e. The molecular weight excluding hydrogens is 468 g/mol. The van der Waals surface area contributed by atoms with Crippen molar-refractivity contribution in [3.63, 3.8) is 0 Å². The lowest BCUT2D eigenvalue weighted by Crippen LogP contribution is -2.44. The van der Waals surface area contributed by atoms with Crippen LogP contribution in [0.5, 0.6) is 5.88 Å². The monoisotopic (exact) mass is 496 g/mol. The van der Waals surface area contributed by atoms with Crippen molar-refractivity contribution in [3.05, 3.63) is 67.5 Å². The van der Waals surface area contributed by atoms with Crippen LogP contribution in [-0.4, -0.2) is 71.1 Å². The molecule has 1 saturated heterocycles. The Labute approximate surface area is 215 Å². The zero-order valence-electron chi connectivity index (χ0n) is 20.8. The van der Waals surface area contributed by atoms with Crippen molar-refractivity contribution in [1.29, 1.82) is 0 Å². The molecule has 3 aromatic heterocycles. The fourth-order valence-corrected chi connectivity index (χ4v) is 4.19. The van der Waals surface area contributed by atoms with Gasteiger partial charge in [-0.15, -0.1) is 0 Å². The van der Waals surface area contributed by atoms with Gasteiger partial charge in [0.2, 0.25) is 17.7 Å². The van der Waals surface area contributed by atoms with E-state index in [1.165, 1.54) is 6.08 Å². The summed E-state index contributed by atoms with van der Waals surface area (Å²) in [5, 5.41) is 6.88. The molecular formula is C27H28N8O2. The third kappa shape index (κ3) is 5.34. The number of likely N-dealkylation sites (N-methyl/N-ethyl adjacent to an activating group) is 1. The molecule has 0 saturated carbocycles. The number of hydrogen-bond donors (Lipinski definition) is 2. The average molecular weight is 497 g/mol. The third-order valence-corrected chi connectivity index (χ3v) is 6.21. The summed E-state index contributed by atoms with van der Waals surface area (Å²) in [4.78, 5) is 34.8. The summed E-state index contributed by atoms with van der Waals surface area (Å²) >= 11 is 0. The number of aromatic nitrogens is 4. The lowest BCUT2D eigenvalue weighted by molar-refractivity contribution is -0.111. The number of amides is 1. The van der Waals surface area contributed by atoms with Crippen LogP contribution in [0.15, 0.2) is 67.5 Å². The first kappa shape index (κ1) is 24.1. The van der Waals surface area contributed by atoms with Crippen molar-refractivity contribution in [2.24, 2.45) is 0 Å². The minimum atomic E-state index is -0.287. The van der Waals surface area contributed by atoms with Crippen LogP contribution in [0.25, 0.3) is 22.2 Å². The molecule has 10 heteroatoms. The number of pyridine rings is 2. The van der Waals surface area contributed by atoms with Crippen molar-refractivity contribution >= 4 is 40.0 Å². The second kappa shape index (κ2) is 10.6.